The number of esters is 2. The van der Waals surface area contributed by atoms with Gasteiger partial charge in [0, 0.05) is 5.75 Å². The maximum atomic E-state index is 11.6. The Labute approximate surface area is 107 Å². The molecule has 0 aliphatic carbocycles. The zero-order chi connectivity index (χ0) is 13.3. The van der Waals surface area contributed by atoms with E-state index < -0.39 is 0 Å². The second-order valence-corrected chi connectivity index (χ2v) is 5.09. The van der Waals surface area contributed by atoms with Crippen molar-refractivity contribution in [3.8, 4) is 0 Å². The van der Waals surface area contributed by atoms with Crippen molar-refractivity contribution in [2.45, 2.75) is 39.4 Å². The molecule has 0 fully saturated rings. The van der Waals surface area contributed by atoms with Crippen molar-refractivity contribution in [3.63, 3.8) is 0 Å². The standard InChI is InChI=1S/C12H22O4S/c1-5-15-10(13)7-8-17-11(9(3)4)12(14)16-6-2/h9,11H,5-8H2,1-4H3. The summed E-state index contributed by atoms with van der Waals surface area (Å²) < 4.78 is 9.82. The van der Waals surface area contributed by atoms with Gasteiger partial charge in [-0.25, -0.2) is 0 Å². The van der Waals surface area contributed by atoms with Gasteiger partial charge in [-0.2, -0.15) is 0 Å². The lowest BCUT2D eigenvalue weighted by atomic mass is 10.1. The molecular formula is C12H22O4S. The van der Waals surface area contributed by atoms with E-state index in [1.54, 1.807) is 13.8 Å². The average Bonchev–Trinajstić information content (AvgIpc) is 2.24. The predicted molar refractivity (Wildman–Crippen MR) is 69.0 cm³/mol. The SMILES string of the molecule is CCOC(=O)CCSC(C(=O)OCC)C(C)C. The molecule has 0 saturated heterocycles. The molecule has 100 valence electrons. The fourth-order valence-electron chi connectivity index (χ4n) is 1.26. The summed E-state index contributed by atoms with van der Waals surface area (Å²) in [4.78, 5) is 22.8. The van der Waals surface area contributed by atoms with Gasteiger partial charge >= 0.3 is 11.9 Å². The summed E-state index contributed by atoms with van der Waals surface area (Å²) in [6, 6.07) is 0. The van der Waals surface area contributed by atoms with Crippen LogP contribution >= 0.6 is 11.8 Å². The summed E-state index contributed by atoms with van der Waals surface area (Å²) in [6.45, 7) is 8.30. The molecular weight excluding hydrogens is 240 g/mol. The number of rotatable bonds is 8. The van der Waals surface area contributed by atoms with Gasteiger partial charge in [-0.3, -0.25) is 9.59 Å². The summed E-state index contributed by atoms with van der Waals surface area (Å²) in [5.74, 6) is 0.365. The van der Waals surface area contributed by atoms with Gasteiger partial charge < -0.3 is 9.47 Å². The Balaban J connectivity index is 4.01. The van der Waals surface area contributed by atoms with Crippen molar-refractivity contribution in [2.75, 3.05) is 19.0 Å². The molecule has 4 nitrogen and oxygen atoms in total. The quantitative estimate of drug-likeness (QED) is 0.628. The smallest absolute Gasteiger partial charge is 0.319 e. The summed E-state index contributed by atoms with van der Waals surface area (Å²) in [5, 5.41) is -0.204. The summed E-state index contributed by atoms with van der Waals surface area (Å²) >= 11 is 1.46. The Bertz CT molecular complexity index is 241. The Hall–Kier alpha value is -0.710. The fourth-order valence-corrected chi connectivity index (χ4v) is 2.39. The zero-order valence-corrected chi connectivity index (χ0v) is 11.8. The number of carbonyl (C=O) groups is 2. The van der Waals surface area contributed by atoms with Crippen molar-refractivity contribution < 1.29 is 19.1 Å². The Morgan fingerprint density at radius 2 is 1.71 bits per heavy atom. The normalized spacial score (nSPS) is 12.3. The largest absolute Gasteiger partial charge is 0.466 e. The molecule has 0 aromatic rings. The number of thioether (sulfide) groups is 1. The van der Waals surface area contributed by atoms with Gasteiger partial charge in [-0.1, -0.05) is 13.8 Å². The van der Waals surface area contributed by atoms with E-state index in [2.05, 4.69) is 0 Å². The van der Waals surface area contributed by atoms with E-state index >= 15 is 0 Å². The Kier molecular flexibility index (Phi) is 8.94. The highest BCUT2D eigenvalue weighted by Crippen LogP contribution is 2.21. The van der Waals surface area contributed by atoms with Crippen molar-refractivity contribution in [2.24, 2.45) is 5.92 Å². The highest BCUT2D eigenvalue weighted by molar-refractivity contribution is 8.00. The summed E-state index contributed by atoms with van der Waals surface area (Å²) in [5.41, 5.74) is 0. The van der Waals surface area contributed by atoms with E-state index in [0.717, 1.165) is 0 Å². The van der Waals surface area contributed by atoms with Crippen LogP contribution in [0, 0.1) is 5.92 Å². The topological polar surface area (TPSA) is 52.6 Å². The van der Waals surface area contributed by atoms with Crippen LogP contribution in [0.25, 0.3) is 0 Å². The molecule has 1 atom stereocenters. The summed E-state index contributed by atoms with van der Waals surface area (Å²) in [6.07, 6.45) is 0.334. The van der Waals surface area contributed by atoms with Gasteiger partial charge in [0.05, 0.1) is 19.6 Å². The molecule has 0 spiro atoms. The molecule has 5 heteroatoms. The van der Waals surface area contributed by atoms with Gasteiger partial charge in [0.2, 0.25) is 0 Å². The first-order chi connectivity index (χ1) is 8.02. The maximum absolute atomic E-state index is 11.6. The van der Waals surface area contributed by atoms with Gasteiger partial charge in [0.25, 0.3) is 0 Å². The first kappa shape index (κ1) is 16.3. The van der Waals surface area contributed by atoms with E-state index in [0.29, 0.717) is 25.4 Å². The van der Waals surface area contributed by atoms with Crippen LogP contribution < -0.4 is 0 Å². The number of carbonyl (C=O) groups excluding carboxylic acids is 2. The predicted octanol–water partition coefficient (Wildman–Crippen LogP) is 2.26. The molecule has 0 aromatic heterocycles. The first-order valence-corrected chi connectivity index (χ1v) is 7.01. The zero-order valence-electron chi connectivity index (χ0n) is 11.0. The van der Waals surface area contributed by atoms with E-state index in [9.17, 15) is 9.59 Å². The summed E-state index contributed by atoms with van der Waals surface area (Å²) in [7, 11) is 0. The van der Waals surface area contributed by atoms with Crippen LogP contribution in [0.1, 0.15) is 34.1 Å². The Morgan fingerprint density at radius 1 is 1.12 bits per heavy atom. The maximum Gasteiger partial charge on any atom is 0.319 e. The highest BCUT2D eigenvalue weighted by atomic mass is 32.2. The van der Waals surface area contributed by atoms with Crippen molar-refractivity contribution in [1.29, 1.82) is 0 Å². The van der Waals surface area contributed by atoms with Crippen LogP contribution in [-0.4, -0.2) is 36.2 Å². The second-order valence-electron chi connectivity index (χ2n) is 3.84. The van der Waals surface area contributed by atoms with Crippen molar-refractivity contribution >= 4 is 23.7 Å². The molecule has 0 radical (unpaired) electrons. The van der Waals surface area contributed by atoms with Crippen LogP contribution in [0.4, 0.5) is 0 Å². The molecule has 0 saturated carbocycles. The average molecular weight is 262 g/mol. The first-order valence-electron chi connectivity index (χ1n) is 5.96. The molecule has 0 heterocycles. The molecule has 0 aromatic carbocycles. The van der Waals surface area contributed by atoms with Gasteiger partial charge in [0.1, 0.15) is 5.25 Å². The van der Waals surface area contributed by atoms with Crippen LogP contribution in [0.15, 0.2) is 0 Å². The molecule has 17 heavy (non-hydrogen) atoms. The molecule has 0 amide bonds. The van der Waals surface area contributed by atoms with Crippen molar-refractivity contribution in [1.82, 2.24) is 0 Å². The molecule has 0 bridgehead atoms. The van der Waals surface area contributed by atoms with Crippen molar-refractivity contribution in [3.05, 3.63) is 0 Å². The van der Waals surface area contributed by atoms with E-state index in [-0.39, 0.29) is 23.1 Å². The lowest BCUT2D eigenvalue weighted by Gasteiger charge is -2.18. The minimum atomic E-state index is -0.216. The Morgan fingerprint density at radius 3 is 2.18 bits per heavy atom. The van der Waals surface area contributed by atoms with E-state index in [1.807, 2.05) is 13.8 Å². The monoisotopic (exact) mass is 262 g/mol. The molecule has 0 N–H and O–H groups in total. The van der Waals surface area contributed by atoms with Gasteiger partial charge in [0.15, 0.2) is 0 Å². The minimum absolute atomic E-state index is 0.196. The van der Waals surface area contributed by atoms with Gasteiger partial charge in [-0.15, -0.1) is 11.8 Å². The minimum Gasteiger partial charge on any atom is -0.466 e. The van der Waals surface area contributed by atoms with Crippen LogP contribution in [-0.2, 0) is 19.1 Å². The van der Waals surface area contributed by atoms with Crippen LogP contribution in [0.2, 0.25) is 0 Å². The van der Waals surface area contributed by atoms with Crippen LogP contribution in [0.5, 0.6) is 0 Å². The molecule has 0 aliphatic rings. The van der Waals surface area contributed by atoms with E-state index in [4.69, 9.17) is 9.47 Å². The molecule has 0 rings (SSSR count). The van der Waals surface area contributed by atoms with E-state index in [1.165, 1.54) is 11.8 Å². The molecule has 1 unspecified atom stereocenters. The molecule has 0 aliphatic heterocycles. The fraction of sp³-hybridized carbons (Fsp3) is 0.833. The third kappa shape index (κ3) is 7.26. The lowest BCUT2D eigenvalue weighted by molar-refractivity contribution is -0.144. The third-order valence-electron chi connectivity index (χ3n) is 2.03. The lowest BCUT2D eigenvalue weighted by Crippen LogP contribution is -2.26. The number of ether oxygens (including phenoxy) is 2. The number of hydrogen-bond donors (Lipinski definition) is 0. The third-order valence-corrected chi connectivity index (χ3v) is 3.57. The highest BCUT2D eigenvalue weighted by Gasteiger charge is 2.24. The second kappa shape index (κ2) is 9.33. The van der Waals surface area contributed by atoms with Crippen LogP contribution in [0.3, 0.4) is 0 Å². The number of hydrogen-bond acceptors (Lipinski definition) is 5. The van der Waals surface area contributed by atoms with Gasteiger partial charge in [-0.05, 0) is 19.8 Å².